The van der Waals surface area contributed by atoms with Crippen LogP contribution in [0.1, 0.15) is 12.5 Å². The Kier molecular flexibility index (Phi) is 5.92. The SMILES string of the molecule is COc1cc(OC)c(OC)cc1CN(C)C(C)CN. The Hall–Kier alpha value is -1.46. The summed E-state index contributed by atoms with van der Waals surface area (Å²) in [6.07, 6.45) is 0. The molecular formula is C14H24N2O3. The average molecular weight is 268 g/mol. The largest absolute Gasteiger partial charge is 0.496 e. The molecule has 5 nitrogen and oxygen atoms in total. The third-order valence-corrected chi connectivity index (χ3v) is 3.30. The molecule has 0 heterocycles. The Morgan fingerprint density at radius 2 is 1.58 bits per heavy atom. The van der Waals surface area contributed by atoms with Gasteiger partial charge < -0.3 is 19.9 Å². The molecule has 0 saturated heterocycles. The molecule has 0 radical (unpaired) electrons. The van der Waals surface area contributed by atoms with Crippen molar-refractivity contribution < 1.29 is 14.2 Å². The molecule has 1 unspecified atom stereocenters. The monoisotopic (exact) mass is 268 g/mol. The zero-order valence-electron chi connectivity index (χ0n) is 12.4. The highest BCUT2D eigenvalue weighted by molar-refractivity contribution is 5.50. The van der Waals surface area contributed by atoms with Crippen molar-refractivity contribution in [2.75, 3.05) is 34.9 Å². The summed E-state index contributed by atoms with van der Waals surface area (Å²) in [5, 5.41) is 0. The number of rotatable bonds is 7. The molecule has 0 aromatic heterocycles. The predicted molar refractivity (Wildman–Crippen MR) is 76.1 cm³/mol. The number of likely N-dealkylation sites (N-methyl/N-ethyl adjacent to an activating group) is 1. The third-order valence-electron chi connectivity index (χ3n) is 3.30. The second-order valence-corrected chi connectivity index (χ2v) is 4.52. The predicted octanol–water partition coefficient (Wildman–Crippen LogP) is 1.49. The molecule has 19 heavy (non-hydrogen) atoms. The van der Waals surface area contributed by atoms with E-state index in [2.05, 4.69) is 11.8 Å². The Bertz CT molecular complexity index is 410. The third kappa shape index (κ3) is 3.75. The molecule has 1 rings (SSSR count). The maximum Gasteiger partial charge on any atom is 0.164 e. The van der Waals surface area contributed by atoms with Crippen molar-refractivity contribution in [3.05, 3.63) is 17.7 Å². The van der Waals surface area contributed by atoms with Gasteiger partial charge >= 0.3 is 0 Å². The molecule has 5 heteroatoms. The van der Waals surface area contributed by atoms with Crippen molar-refractivity contribution in [1.29, 1.82) is 0 Å². The molecular weight excluding hydrogens is 244 g/mol. The maximum absolute atomic E-state index is 5.68. The molecule has 0 aliphatic carbocycles. The molecule has 0 aliphatic heterocycles. The number of hydrogen-bond donors (Lipinski definition) is 1. The zero-order valence-corrected chi connectivity index (χ0v) is 12.4. The van der Waals surface area contributed by atoms with E-state index in [4.69, 9.17) is 19.9 Å². The summed E-state index contributed by atoms with van der Waals surface area (Å²) in [7, 11) is 6.92. The van der Waals surface area contributed by atoms with Crippen LogP contribution in [0.3, 0.4) is 0 Å². The summed E-state index contributed by atoms with van der Waals surface area (Å²) in [5.74, 6) is 2.15. The highest BCUT2D eigenvalue weighted by Crippen LogP contribution is 2.35. The zero-order chi connectivity index (χ0) is 14.4. The summed E-state index contributed by atoms with van der Waals surface area (Å²) in [5.41, 5.74) is 6.73. The summed E-state index contributed by atoms with van der Waals surface area (Å²) in [4.78, 5) is 2.17. The van der Waals surface area contributed by atoms with Crippen LogP contribution in [0, 0.1) is 0 Å². The normalized spacial score (nSPS) is 12.4. The fourth-order valence-electron chi connectivity index (χ4n) is 1.82. The van der Waals surface area contributed by atoms with Crippen LogP contribution >= 0.6 is 0 Å². The molecule has 1 aromatic carbocycles. The van der Waals surface area contributed by atoms with Crippen molar-refractivity contribution in [1.82, 2.24) is 4.90 Å². The van der Waals surface area contributed by atoms with Crippen LogP contribution in [0.5, 0.6) is 17.2 Å². The van der Waals surface area contributed by atoms with Gasteiger partial charge in [-0.3, -0.25) is 4.90 Å². The Morgan fingerprint density at radius 3 is 2.05 bits per heavy atom. The number of methoxy groups -OCH3 is 3. The summed E-state index contributed by atoms with van der Waals surface area (Å²) in [6.45, 7) is 3.45. The van der Waals surface area contributed by atoms with Crippen LogP contribution in [0.4, 0.5) is 0 Å². The smallest absolute Gasteiger partial charge is 0.164 e. The quantitative estimate of drug-likeness (QED) is 0.812. The van der Waals surface area contributed by atoms with Gasteiger partial charge in [-0.15, -0.1) is 0 Å². The van der Waals surface area contributed by atoms with Crippen LogP contribution in [-0.4, -0.2) is 45.9 Å². The van der Waals surface area contributed by atoms with Crippen molar-refractivity contribution in [3.8, 4) is 17.2 Å². The van der Waals surface area contributed by atoms with Crippen molar-refractivity contribution in [3.63, 3.8) is 0 Å². The van der Waals surface area contributed by atoms with Crippen LogP contribution in [-0.2, 0) is 6.54 Å². The van der Waals surface area contributed by atoms with Crippen LogP contribution in [0.15, 0.2) is 12.1 Å². The van der Waals surface area contributed by atoms with Gasteiger partial charge in [-0.05, 0) is 20.0 Å². The molecule has 1 aromatic rings. The van der Waals surface area contributed by atoms with Gasteiger partial charge in [0.2, 0.25) is 0 Å². The van der Waals surface area contributed by atoms with Gasteiger partial charge in [0.15, 0.2) is 11.5 Å². The van der Waals surface area contributed by atoms with E-state index < -0.39 is 0 Å². The van der Waals surface area contributed by atoms with Crippen LogP contribution < -0.4 is 19.9 Å². The van der Waals surface area contributed by atoms with Crippen molar-refractivity contribution in [2.24, 2.45) is 5.73 Å². The van der Waals surface area contributed by atoms with Gasteiger partial charge in [-0.25, -0.2) is 0 Å². The van der Waals surface area contributed by atoms with Crippen molar-refractivity contribution in [2.45, 2.75) is 19.5 Å². The lowest BCUT2D eigenvalue weighted by molar-refractivity contribution is 0.249. The van der Waals surface area contributed by atoms with E-state index in [1.54, 1.807) is 21.3 Å². The van der Waals surface area contributed by atoms with E-state index in [1.165, 1.54) is 0 Å². The van der Waals surface area contributed by atoms with Crippen LogP contribution in [0.25, 0.3) is 0 Å². The first-order valence-electron chi connectivity index (χ1n) is 6.26. The van der Waals surface area contributed by atoms with Crippen molar-refractivity contribution >= 4 is 0 Å². The van der Waals surface area contributed by atoms with E-state index in [9.17, 15) is 0 Å². The second-order valence-electron chi connectivity index (χ2n) is 4.52. The number of nitrogens with two attached hydrogens (primary N) is 1. The standard InChI is InChI=1S/C14H24N2O3/c1-10(8-15)16(2)9-11-6-13(18-4)14(19-5)7-12(11)17-3/h6-7,10H,8-9,15H2,1-5H3. The molecule has 0 fully saturated rings. The van der Waals surface area contributed by atoms with Gasteiger partial charge in [0, 0.05) is 30.8 Å². The first kappa shape index (κ1) is 15.6. The van der Waals surface area contributed by atoms with Gasteiger partial charge in [0.05, 0.1) is 21.3 Å². The minimum atomic E-state index is 0.304. The molecule has 0 saturated carbocycles. The summed E-state index contributed by atoms with van der Waals surface area (Å²) in [6, 6.07) is 4.09. The molecule has 0 bridgehead atoms. The summed E-state index contributed by atoms with van der Waals surface area (Å²) >= 11 is 0. The average Bonchev–Trinajstić information content (AvgIpc) is 2.45. The van der Waals surface area contributed by atoms with Gasteiger partial charge in [-0.2, -0.15) is 0 Å². The maximum atomic E-state index is 5.68. The minimum absolute atomic E-state index is 0.304. The first-order chi connectivity index (χ1) is 9.07. The highest BCUT2D eigenvalue weighted by atomic mass is 16.5. The lowest BCUT2D eigenvalue weighted by Crippen LogP contribution is -2.34. The second kappa shape index (κ2) is 7.21. The van der Waals surface area contributed by atoms with Gasteiger partial charge in [0.1, 0.15) is 5.75 Å². The summed E-state index contributed by atoms with van der Waals surface area (Å²) < 4.78 is 16.0. The minimum Gasteiger partial charge on any atom is -0.496 e. The Balaban J connectivity index is 3.05. The number of benzene rings is 1. The molecule has 1 atom stereocenters. The van der Waals surface area contributed by atoms with Gasteiger partial charge in [0.25, 0.3) is 0 Å². The molecule has 108 valence electrons. The number of ether oxygens (including phenoxy) is 3. The number of hydrogen-bond acceptors (Lipinski definition) is 5. The molecule has 0 spiro atoms. The van der Waals surface area contributed by atoms with Gasteiger partial charge in [-0.1, -0.05) is 0 Å². The van der Waals surface area contributed by atoms with E-state index in [1.807, 2.05) is 19.2 Å². The molecule has 2 N–H and O–H groups in total. The lowest BCUT2D eigenvalue weighted by atomic mass is 10.1. The topological polar surface area (TPSA) is 57.0 Å². The van der Waals surface area contributed by atoms with E-state index in [0.29, 0.717) is 24.1 Å². The first-order valence-corrected chi connectivity index (χ1v) is 6.26. The van der Waals surface area contributed by atoms with E-state index in [-0.39, 0.29) is 0 Å². The lowest BCUT2D eigenvalue weighted by Gasteiger charge is -2.24. The molecule has 0 amide bonds. The Labute approximate surface area is 115 Å². The Morgan fingerprint density at radius 1 is 1.05 bits per heavy atom. The molecule has 0 aliphatic rings. The van der Waals surface area contributed by atoms with Crippen LogP contribution in [0.2, 0.25) is 0 Å². The van der Waals surface area contributed by atoms with E-state index in [0.717, 1.165) is 17.9 Å². The number of nitrogens with zero attached hydrogens (tertiary/aromatic N) is 1. The highest BCUT2D eigenvalue weighted by Gasteiger charge is 2.15. The fourth-order valence-corrected chi connectivity index (χ4v) is 1.82. The fraction of sp³-hybridized carbons (Fsp3) is 0.571. The van der Waals surface area contributed by atoms with E-state index >= 15 is 0 Å².